The Morgan fingerprint density at radius 1 is 1.46 bits per heavy atom. The molecule has 0 radical (unpaired) electrons. The smallest absolute Gasteiger partial charge is 0.257 e. The minimum absolute atomic E-state index is 0.0290. The molecule has 0 unspecified atom stereocenters. The second-order valence-corrected chi connectivity index (χ2v) is 7.92. The van der Waals surface area contributed by atoms with Gasteiger partial charge in [0.1, 0.15) is 11.4 Å². The molecule has 8 heteroatoms. The number of hydrogen-bond donors (Lipinski definition) is 1. The molecule has 2 aliphatic rings. The third kappa shape index (κ3) is 2.74. The summed E-state index contributed by atoms with van der Waals surface area (Å²) in [4.78, 5) is 16.8. The van der Waals surface area contributed by atoms with Gasteiger partial charge in [0, 0.05) is 50.7 Å². The highest BCUT2D eigenvalue weighted by molar-refractivity contribution is 6.30. The minimum atomic E-state index is -0.276. The summed E-state index contributed by atoms with van der Waals surface area (Å²) in [6.45, 7) is 5.55. The van der Waals surface area contributed by atoms with Crippen LogP contribution in [0.2, 0.25) is 5.15 Å². The fourth-order valence-corrected chi connectivity index (χ4v) is 4.67. The van der Waals surface area contributed by atoms with Crippen LogP contribution >= 0.6 is 11.6 Å². The van der Waals surface area contributed by atoms with Gasteiger partial charge in [-0.3, -0.25) is 14.4 Å². The minimum Gasteiger partial charge on any atom is -0.472 e. The monoisotopic (exact) mass is 378 g/mol. The number of carbonyl (C=O) groups excluding carboxylic acids is 1. The molecule has 0 saturated carbocycles. The predicted molar refractivity (Wildman–Crippen MR) is 95.9 cm³/mol. The maximum absolute atomic E-state index is 12.6. The van der Waals surface area contributed by atoms with Crippen molar-refractivity contribution in [3.63, 3.8) is 0 Å². The van der Waals surface area contributed by atoms with Crippen LogP contribution in [0.5, 0.6) is 0 Å². The Morgan fingerprint density at radius 2 is 2.27 bits per heavy atom. The lowest BCUT2D eigenvalue weighted by atomic mass is 9.82. The highest BCUT2D eigenvalue weighted by Crippen LogP contribution is 2.43. The Kier molecular flexibility index (Phi) is 4.33. The van der Waals surface area contributed by atoms with E-state index in [-0.39, 0.29) is 23.8 Å². The second kappa shape index (κ2) is 6.40. The molecular formula is C18H23ClN4O3. The zero-order valence-corrected chi connectivity index (χ0v) is 15.7. The number of hydrogen-bond acceptors (Lipinski definition) is 5. The second-order valence-electron chi connectivity index (χ2n) is 7.56. The molecule has 2 saturated heterocycles. The SMILES string of the molecule is Cc1nn(C)c(Cl)c1CN1C[C@H]2CN(C(=O)c3ccoc3)C[C@@]2(CO)C1. The van der Waals surface area contributed by atoms with Crippen LogP contribution in [-0.2, 0) is 13.6 Å². The number of halogens is 1. The quantitative estimate of drug-likeness (QED) is 0.873. The van der Waals surface area contributed by atoms with Crippen LogP contribution in [0.1, 0.15) is 21.6 Å². The number of likely N-dealkylation sites (tertiary alicyclic amines) is 2. The van der Waals surface area contributed by atoms with Crippen molar-refractivity contribution in [2.75, 3.05) is 32.8 Å². The highest BCUT2D eigenvalue weighted by atomic mass is 35.5. The molecule has 1 N–H and O–H groups in total. The van der Waals surface area contributed by atoms with E-state index in [4.69, 9.17) is 16.0 Å². The first-order chi connectivity index (χ1) is 12.4. The van der Waals surface area contributed by atoms with E-state index >= 15 is 0 Å². The van der Waals surface area contributed by atoms with Crippen molar-refractivity contribution in [1.29, 1.82) is 0 Å². The van der Waals surface area contributed by atoms with Gasteiger partial charge in [0.2, 0.25) is 0 Å². The third-order valence-corrected chi connectivity index (χ3v) is 6.32. The van der Waals surface area contributed by atoms with Gasteiger partial charge in [-0.05, 0) is 18.9 Å². The van der Waals surface area contributed by atoms with E-state index in [1.165, 1.54) is 12.5 Å². The summed E-state index contributed by atoms with van der Waals surface area (Å²) in [5, 5.41) is 15.2. The van der Waals surface area contributed by atoms with E-state index in [1.54, 1.807) is 10.7 Å². The van der Waals surface area contributed by atoms with Crippen molar-refractivity contribution < 1.29 is 14.3 Å². The first kappa shape index (κ1) is 17.6. The van der Waals surface area contributed by atoms with Gasteiger partial charge in [-0.15, -0.1) is 0 Å². The molecule has 0 aromatic carbocycles. The molecule has 4 rings (SSSR count). The zero-order valence-electron chi connectivity index (χ0n) is 15.0. The fraction of sp³-hybridized carbons (Fsp3) is 0.556. The van der Waals surface area contributed by atoms with E-state index < -0.39 is 0 Å². The number of fused-ring (bicyclic) bond motifs is 1. The summed E-state index contributed by atoms with van der Waals surface area (Å²) in [5.74, 6) is 0.220. The van der Waals surface area contributed by atoms with Gasteiger partial charge >= 0.3 is 0 Å². The predicted octanol–water partition coefficient (Wildman–Crippen LogP) is 1.54. The molecule has 7 nitrogen and oxygen atoms in total. The van der Waals surface area contributed by atoms with Gasteiger partial charge in [0.25, 0.3) is 5.91 Å². The summed E-state index contributed by atoms with van der Waals surface area (Å²) in [6.07, 6.45) is 2.98. The number of aliphatic hydroxyl groups excluding tert-OH is 1. The number of carbonyl (C=O) groups is 1. The van der Waals surface area contributed by atoms with Crippen molar-refractivity contribution in [3.8, 4) is 0 Å². The van der Waals surface area contributed by atoms with Crippen LogP contribution in [0.25, 0.3) is 0 Å². The maximum atomic E-state index is 12.6. The lowest BCUT2D eigenvalue weighted by molar-refractivity contribution is 0.0718. The van der Waals surface area contributed by atoms with Crippen molar-refractivity contribution in [3.05, 3.63) is 40.6 Å². The Hall–Kier alpha value is -1.83. The molecule has 26 heavy (non-hydrogen) atoms. The number of aromatic nitrogens is 2. The van der Waals surface area contributed by atoms with E-state index in [0.29, 0.717) is 30.4 Å². The van der Waals surface area contributed by atoms with Gasteiger partial charge in [-0.25, -0.2) is 0 Å². The van der Waals surface area contributed by atoms with E-state index in [9.17, 15) is 9.90 Å². The van der Waals surface area contributed by atoms with E-state index in [2.05, 4.69) is 10.00 Å². The first-order valence-corrected chi connectivity index (χ1v) is 9.14. The van der Waals surface area contributed by atoms with Crippen LogP contribution in [0.15, 0.2) is 23.0 Å². The molecule has 140 valence electrons. The molecule has 2 aromatic heterocycles. The van der Waals surface area contributed by atoms with Gasteiger partial charge in [-0.2, -0.15) is 5.10 Å². The van der Waals surface area contributed by atoms with Crippen LogP contribution in [0, 0.1) is 18.3 Å². The summed E-state index contributed by atoms with van der Waals surface area (Å²) < 4.78 is 6.71. The largest absolute Gasteiger partial charge is 0.472 e. The first-order valence-electron chi connectivity index (χ1n) is 8.76. The van der Waals surface area contributed by atoms with Crippen molar-refractivity contribution in [1.82, 2.24) is 19.6 Å². The zero-order chi connectivity index (χ0) is 18.5. The average molecular weight is 379 g/mol. The maximum Gasteiger partial charge on any atom is 0.257 e. The van der Waals surface area contributed by atoms with Crippen molar-refractivity contribution >= 4 is 17.5 Å². The molecule has 0 bridgehead atoms. The number of nitrogens with zero attached hydrogens (tertiary/aromatic N) is 4. The van der Waals surface area contributed by atoms with E-state index in [1.807, 2.05) is 18.9 Å². The van der Waals surface area contributed by atoms with Crippen LogP contribution < -0.4 is 0 Å². The number of rotatable bonds is 4. The standard InChI is InChI=1S/C18H23ClN4O3/c1-12-15(16(19)21(2)20-12)7-22-5-14-6-23(10-18(14,9-22)11-24)17(25)13-3-4-26-8-13/h3-4,8,14,24H,5-7,9-11H2,1-2H3/t14-,18+/m0/s1. The lowest BCUT2D eigenvalue weighted by Gasteiger charge is -2.27. The van der Waals surface area contributed by atoms with Gasteiger partial charge in [0.15, 0.2) is 0 Å². The van der Waals surface area contributed by atoms with Gasteiger partial charge < -0.3 is 14.4 Å². The highest BCUT2D eigenvalue weighted by Gasteiger charge is 2.53. The Bertz CT molecular complexity index is 819. The van der Waals surface area contributed by atoms with Crippen LogP contribution in [0.3, 0.4) is 0 Å². The normalized spacial score (nSPS) is 25.8. The molecule has 0 spiro atoms. The average Bonchev–Trinajstić information content (AvgIpc) is 3.35. The number of furan rings is 1. The Morgan fingerprint density at radius 3 is 2.85 bits per heavy atom. The molecule has 0 aliphatic carbocycles. The number of aryl methyl sites for hydroxylation is 2. The van der Waals surface area contributed by atoms with E-state index in [0.717, 1.165) is 24.3 Å². The molecular weight excluding hydrogens is 356 g/mol. The summed E-state index contributed by atoms with van der Waals surface area (Å²) in [7, 11) is 1.84. The molecule has 2 fully saturated rings. The molecule has 2 atom stereocenters. The number of amides is 1. The van der Waals surface area contributed by atoms with Gasteiger partial charge in [-0.1, -0.05) is 11.6 Å². The lowest BCUT2D eigenvalue weighted by Crippen LogP contribution is -2.38. The summed E-state index contributed by atoms with van der Waals surface area (Å²) in [6, 6.07) is 1.68. The molecule has 4 heterocycles. The van der Waals surface area contributed by atoms with Crippen LogP contribution in [-0.4, -0.2) is 63.4 Å². The van der Waals surface area contributed by atoms with Crippen molar-refractivity contribution in [2.45, 2.75) is 13.5 Å². The summed E-state index contributed by atoms with van der Waals surface area (Å²) in [5.41, 5.74) is 2.26. The molecule has 2 aromatic rings. The van der Waals surface area contributed by atoms with Crippen LogP contribution in [0.4, 0.5) is 0 Å². The van der Waals surface area contributed by atoms with Crippen molar-refractivity contribution in [2.24, 2.45) is 18.4 Å². The van der Waals surface area contributed by atoms with Gasteiger partial charge in [0.05, 0.1) is 24.1 Å². The number of aliphatic hydroxyl groups is 1. The Balaban J connectivity index is 1.48. The molecule has 1 amide bonds. The summed E-state index contributed by atoms with van der Waals surface area (Å²) >= 11 is 6.37. The third-order valence-electron chi connectivity index (χ3n) is 5.85. The fourth-order valence-electron chi connectivity index (χ4n) is 4.44. The topological polar surface area (TPSA) is 74.7 Å². The Labute approximate surface area is 157 Å². The molecule has 2 aliphatic heterocycles.